The number of hydrogen-bond acceptors (Lipinski definition) is 4. The van der Waals surface area contributed by atoms with E-state index in [9.17, 15) is 8.42 Å². The highest BCUT2D eigenvalue weighted by Gasteiger charge is 2.25. The summed E-state index contributed by atoms with van der Waals surface area (Å²) in [6, 6.07) is 4.84. The van der Waals surface area contributed by atoms with Crippen molar-refractivity contribution in [1.29, 1.82) is 0 Å². The van der Waals surface area contributed by atoms with Crippen molar-refractivity contribution in [2.24, 2.45) is 10.9 Å². The quantitative estimate of drug-likeness (QED) is 0.321. The van der Waals surface area contributed by atoms with Crippen molar-refractivity contribution in [3.63, 3.8) is 0 Å². The van der Waals surface area contributed by atoms with Crippen molar-refractivity contribution in [3.8, 4) is 0 Å². The van der Waals surface area contributed by atoms with E-state index in [-0.39, 0.29) is 11.5 Å². The van der Waals surface area contributed by atoms with E-state index in [0.717, 1.165) is 19.3 Å². The van der Waals surface area contributed by atoms with E-state index in [1.165, 1.54) is 4.31 Å². The molecule has 1 aliphatic heterocycles. The molecule has 0 radical (unpaired) electrons. The van der Waals surface area contributed by atoms with E-state index in [4.69, 9.17) is 10.9 Å². The number of nitrogens with zero attached hydrogens (tertiary/aromatic N) is 2. The molecule has 2 rings (SSSR count). The average Bonchev–Trinajstić information content (AvgIpc) is 2.47. The molecule has 0 atom stereocenters. The van der Waals surface area contributed by atoms with Gasteiger partial charge >= 0.3 is 10.2 Å². The summed E-state index contributed by atoms with van der Waals surface area (Å²) in [5.74, 6) is -0.154. The first kappa shape index (κ1) is 16.1. The molecule has 1 aromatic rings. The monoisotopic (exact) mass is 376 g/mol. The SMILES string of the molecule is N/C(=N/O)c1ccc(Br)cc1NS(=O)(=O)N1CCCCC1. The first-order chi connectivity index (χ1) is 9.94. The van der Waals surface area contributed by atoms with Gasteiger partial charge in [-0.25, -0.2) is 0 Å². The van der Waals surface area contributed by atoms with E-state index in [0.29, 0.717) is 23.1 Å². The number of oxime groups is 1. The maximum absolute atomic E-state index is 12.4. The molecule has 0 unspecified atom stereocenters. The minimum absolute atomic E-state index is 0.154. The Hall–Kier alpha value is -1.32. The van der Waals surface area contributed by atoms with Crippen LogP contribution in [0.2, 0.25) is 0 Å². The number of halogens is 1. The molecule has 1 fully saturated rings. The molecule has 0 bridgehead atoms. The Bertz CT molecular complexity index is 642. The molecular weight excluding hydrogens is 360 g/mol. The molecule has 7 nitrogen and oxygen atoms in total. The van der Waals surface area contributed by atoms with E-state index in [1.54, 1.807) is 18.2 Å². The van der Waals surface area contributed by atoms with Gasteiger partial charge in [-0.2, -0.15) is 12.7 Å². The molecule has 0 aliphatic carbocycles. The van der Waals surface area contributed by atoms with E-state index in [1.807, 2.05) is 0 Å². The molecule has 1 saturated heterocycles. The van der Waals surface area contributed by atoms with Gasteiger partial charge in [0.2, 0.25) is 0 Å². The lowest BCUT2D eigenvalue weighted by Crippen LogP contribution is -2.39. The van der Waals surface area contributed by atoms with Crippen molar-refractivity contribution in [2.75, 3.05) is 17.8 Å². The maximum Gasteiger partial charge on any atom is 0.301 e. The molecule has 21 heavy (non-hydrogen) atoms. The second-order valence-corrected chi connectivity index (χ2v) is 7.33. The minimum atomic E-state index is -3.65. The van der Waals surface area contributed by atoms with Crippen molar-refractivity contribution < 1.29 is 13.6 Å². The van der Waals surface area contributed by atoms with Gasteiger partial charge in [0.25, 0.3) is 0 Å². The number of benzene rings is 1. The maximum atomic E-state index is 12.4. The van der Waals surface area contributed by atoms with Crippen LogP contribution < -0.4 is 10.5 Å². The number of nitrogens with one attached hydrogen (secondary N) is 1. The fourth-order valence-electron chi connectivity index (χ4n) is 2.19. The van der Waals surface area contributed by atoms with Gasteiger partial charge in [0.05, 0.1) is 5.69 Å². The number of rotatable bonds is 4. The minimum Gasteiger partial charge on any atom is -0.409 e. The van der Waals surface area contributed by atoms with Crippen LogP contribution in [0.25, 0.3) is 0 Å². The number of hydrogen-bond donors (Lipinski definition) is 3. The van der Waals surface area contributed by atoms with Crippen molar-refractivity contribution >= 4 is 37.7 Å². The number of nitrogens with two attached hydrogens (primary N) is 1. The summed E-state index contributed by atoms with van der Waals surface area (Å²) in [6.07, 6.45) is 2.75. The van der Waals surface area contributed by atoms with Gasteiger partial charge in [-0.05, 0) is 31.0 Å². The third-order valence-electron chi connectivity index (χ3n) is 3.26. The summed E-state index contributed by atoms with van der Waals surface area (Å²) in [5, 5.41) is 11.7. The predicted molar refractivity (Wildman–Crippen MR) is 84.6 cm³/mol. The number of amidine groups is 1. The normalized spacial score (nSPS) is 17.7. The summed E-state index contributed by atoms with van der Waals surface area (Å²) in [7, 11) is -3.65. The number of piperidine rings is 1. The molecule has 0 aromatic heterocycles. The van der Waals surface area contributed by atoms with Crippen LogP contribution >= 0.6 is 15.9 Å². The highest BCUT2D eigenvalue weighted by Crippen LogP contribution is 2.24. The molecule has 0 saturated carbocycles. The Kier molecular flexibility index (Phi) is 5.07. The Labute approximate surface area is 132 Å². The summed E-state index contributed by atoms with van der Waals surface area (Å²) in [6.45, 7) is 1.00. The molecule has 1 heterocycles. The Morgan fingerprint density at radius 3 is 2.62 bits per heavy atom. The Balaban J connectivity index is 2.31. The first-order valence-corrected chi connectivity index (χ1v) is 8.72. The molecule has 1 aliphatic rings. The highest BCUT2D eigenvalue weighted by molar-refractivity contribution is 9.10. The van der Waals surface area contributed by atoms with Crippen LogP contribution in [0.15, 0.2) is 27.8 Å². The van der Waals surface area contributed by atoms with Gasteiger partial charge in [-0.3, -0.25) is 4.72 Å². The largest absolute Gasteiger partial charge is 0.409 e. The number of anilines is 1. The van der Waals surface area contributed by atoms with Crippen molar-refractivity contribution in [1.82, 2.24) is 4.31 Å². The van der Waals surface area contributed by atoms with Crippen LogP contribution in [0.4, 0.5) is 5.69 Å². The zero-order valence-corrected chi connectivity index (χ0v) is 13.7. The van der Waals surface area contributed by atoms with E-state index >= 15 is 0 Å². The first-order valence-electron chi connectivity index (χ1n) is 6.49. The molecule has 0 spiro atoms. The molecule has 1 aromatic carbocycles. The van der Waals surface area contributed by atoms with E-state index < -0.39 is 10.2 Å². The van der Waals surface area contributed by atoms with E-state index in [2.05, 4.69) is 25.8 Å². The molecule has 9 heteroatoms. The Morgan fingerprint density at radius 1 is 1.33 bits per heavy atom. The van der Waals surface area contributed by atoms with Gasteiger partial charge in [0.15, 0.2) is 5.84 Å². The second kappa shape index (κ2) is 6.63. The lowest BCUT2D eigenvalue weighted by molar-refractivity contribution is 0.318. The standard InChI is InChI=1S/C12H17BrN4O3S/c13-9-4-5-10(12(14)15-18)11(8-9)16-21(19,20)17-6-2-1-3-7-17/h4-5,8,16,18H,1-3,6-7H2,(H2,14,15). The second-order valence-electron chi connectivity index (χ2n) is 4.74. The zero-order valence-electron chi connectivity index (χ0n) is 11.3. The van der Waals surface area contributed by atoms with Crippen LogP contribution in [-0.2, 0) is 10.2 Å². The summed E-state index contributed by atoms with van der Waals surface area (Å²) in [5.41, 5.74) is 6.17. The lowest BCUT2D eigenvalue weighted by atomic mass is 10.2. The molecule has 4 N–H and O–H groups in total. The van der Waals surface area contributed by atoms with Gasteiger partial charge in [0.1, 0.15) is 0 Å². The average molecular weight is 377 g/mol. The van der Waals surface area contributed by atoms with Gasteiger partial charge in [-0.1, -0.05) is 27.5 Å². The zero-order chi connectivity index (χ0) is 15.5. The van der Waals surface area contributed by atoms with Gasteiger partial charge in [-0.15, -0.1) is 0 Å². The topological polar surface area (TPSA) is 108 Å². The molecule has 116 valence electrons. The van der Waals surface area contributed by atoms with Crippen molar-refractivity contribution in [3.05, 3.63) is 28.2 Å². The van der Waals surface area contributed by atoms with Crippen molar-refractivity contribution in [2.45, 2.75) is 19.3 Å². The molecular formula is C12H17BrN4O3S. The third kappa shape index (κ3) is 3.86. The van der Waals surface area contributed by atoms with Crippen LogP contribution in [0.1, 0.15) is 24.8 Å². The summed E-state index contributed by atoms with van der Waals surface area (Å²) < 4.78 is 29.4. The fourth-order valence-corrected chi connectivity index (χ4v) is 3.86. The lowest BCUT2D eigenvalue weighted by Gasteiger charge is -2.26. The van der Waals surface area contributed by atoms with Crippen LogP contribution in [-0.4, -0.2) is 36.9 Å². The smallest absolute Gasteiger partial charge is 0.301 e. The summed E-state index contributed by atoms with van der Waals surface area (Å²) >= 11 is 3.28. The highest BCUT2D eigenvalue weighted by atomic mass is 79.9. The molecule has 0 amide bonds. The summed E-state index contributed by atoms with van der Waals surface area (Å²) in [4.78, 5) is 0. The Morgan fingerprint density at radius 2 is 2.00 bits per heavy atom. The predicted octanol–water partition coefficient (Wildman–Crippen LogP) is 1.69. The van der Waals surface area contributed by atoms with Crippen LogP contribution in [0.3, 0.4) is 0 Å². The van der Waals surface area contributed by atoms with Gasteiger partial charge < -0.3 is 10.9 Å². The fraction of sp³-hybridized carbons (Fsp3) is 0.417. The van der Waals surface area contributed by atoms with Crippen LogP contribution in [0.5, 0.6) is 0 Å². The third-order valence-corrected chi connectivity index (χ3v) is 5.28. The van der Waals surface area contributed by atoms with Gasteiger partial charge in [0, 0.05) is 23.1 Å². The van der Waals surface area contributed by atoms with Crippen LogP contribution in [0, 0.1) is 0 Å².